The first-order valence-electron chi connectivity index (χ1n) is 8.94. The monoisotopic (exact) mass is 404 g/mol. The Kier molecular flexibility index (Phi) is 5.32. The van der Waals surface area contributed by atoms with Crippen molar-refractivity contribution >= 4 is 34.1 Å². The van der Waals surface area contributed by atoms with Gasteiger partial charge in [0.25, 0.3) is 0 Å². The van der Waals surface area contributed by atoms with Gasteiger partial charge in [0.2, 0.25) is 4.80 Å². The molecule has 28 heavy (non-hydrogen) atoms. The third kappa shape index (κ3) is 3.88. The van der Waals surface area contributed by atoms with Crippen molar-refractivity contribution in [3.8, 4) is 11.3 Å². The fourth-order valence-corrected chi connectivity index (χ4v) is 4.31. The van der Waals surface area contributed by atoms with Gasteiger partial charge >= 0.3 is 0 Å². The van der Waals surface area contributed by atoms with E-state index in [0.717, 1.165) is 32.3 Å². The number of aryl methyl sites for hydroxylation is 2. The van der Waals surface area contributed by atoms with E-state index in [1.807, 2.05) is 29.8 Å². The molecule has 0 bridgehead atoms. The van der Waals surface area contributed by atoms with E-state index in [1.165, 1.54) is 11.1 Å². The highest BCUT2D eigenvalue weighted by atomic mass is 32.1. The lowest BCUT2D eigenvalue weighted by Gasteiger charge is -2.07. The van der Waals surface area contributed by atoms with Crippen LogP contribution in [-0.2, 0) is 0 Å². The topological polar surface area (TPSA) is 42.5 Å². The quantitative estimate of drug-likeness (QED) is 0.397. The standard InChI is InChI=1S/C22H20N4S2/c1-15-8-9-18(12-16(15)2)20-14-28-22(24-19-6-4-10-23-13-19)26(20)25-17(3)21-7-5-11-27-21/h4-14H,1-3H3. The molecule has 0 aliphatic heterocycles. The molecule has 0 aliphatic rings. The van der Waals surface area contributed by atoms with Gasteiger partial charge < -0.3 is 0 Å². The number of thiazole rings is 1. The number of nitrogens with zero attached hydrogens (tertiary/aromatic N) is 4. The predicted octanol–water partition coefficient (Wildman–Crippen LogP) is 5.79. The Morgan fingerprint density at radius 3 is 2.64 bits per heavy atom. The highest BCUT2D eigenvalue weighted by molar-refractivity contribution is 7.12. The molecule has 0 aliphatic carbocycles. The van der Waals surface area contributed by atoms with Crippen LogP contribution in [0.3, 0.4) is 0 Å². The van der Waals surface area contributed by atoms with Gasteiger partial charge in [0, 0.05) is 17.1 Å². The van der Waals surface area contributed by atoms with E-state index in [-0.39, 0.29) is 0 Å². The molecule has 4 nitrogen and oxygen atoms in total. The molecule has 0 saturated heterocycles. The van der Waals surface area contributed by atoms with Crippen molar-refractivity contribution in [2.24, 2.45) is 10.1 Å². The first-order chi connectivity index (χ1) is 13.6. The number of hydrogen-bond acceptors (Lipinski definition) is 5. The Morgan fingerprint density at radius 1 is 1.04 bits per heavy atom. The fourth-order valence-electron chi connectivity index (χ4n) is 2.79. The Labute approximate surface area is 172 Å². The molecule has 0 radical (unpaired) electrons. The van der Waals surface area contributed by atoms with E-state index in [9.17, 15) is 0 Å². The maximum absolute atomic E-state index is 4.93. The normalized spacial score (nSPS) is 12.5. The average Bonchev–Trinajstić information content (AvgIpc) is 3.36. The maximum atomic E-state index is 4.93. The van der Waals surface area contributed by atoms with Crippen molar-refractivity contribution in [2.45, 2.75) is 20.8 Å². The van der Waals surface area contributed by atoms with Crippen LogP contribution in [0, 0.1) is 13.8 Å². The minimum atomic E-state index is 0.814. The zero-order valence-electron chi connectivity index (χ0n) is 16.0. The molecule has 3 heterocycles. The minimum absolute atomic E-state index is 0.814. The molecule has 0 saturated carbocycles. The summed E-state index contributed by atoms with van der Waals surface area (Å²) in [6, 6.07) is 14.5. The Morgan fingerprint density at radius 2 is 1.93 bits per heavy atom. The largest absolute Gasteiger partial charge is 0.262 e. The molecule has 1 aromatic carbocycles. The number of thiophene rings is 1. The lowest BCUT2D eigenvalue weighted by molar-refractivity contribution is 0.848. The van der Waals surface area contributed by atoms with Crippen LogP contribution in [0.15, 0.2) is 75.7 Å². The van der Waals surface area contributed by atoms with Crippen molar-refractivity contribution in [1.82, 2.24) is 9.66 Å². The molecule has 0 unspecified atom stereocenters. The molecule has 3 aromatic heterocycles. The minimum Gasteiger partial charge on any atom is -0.262 e. The summed E-state index contributed by atoms with van der Waals surface area (Å²) in [4.78, 5) is 10.9. The molecule has 140 valence electrons. The molecule has 0 atom stereocenters. The molecular formula is C22H20N4S2. The van der Waals surface area contributed by atoms with Crippen LogP contribution in [0.1, 0.15) is 22.9 Å². The Hall–Kier alpha value is -2.83. The molecule has 4 rings (SSSR count). The first kappa shape index (κ1) is 18.5. The SMILES string of the molecule is CC(=Nn1c(-c2ccc(C)c(C)c2)csc1=Nc1cccnc1)c1cccs1. The summed E-state index contributed by atoms with van der Waals surface area (Å²) in [5.41, 5.74) is 6.49. The molecule has 0 spiro atoms. The van der Waals surface area contributed by atoms with Crippen LogP contribution in [0.4, 0.5) is 5.69 Å². The van der Waals surface area contributed by atoms with E-state index < -0.39 is 0 Å². The van der Waals surface area contributed by atoms with Crippen LogP contribution in [0.25, 0.3) is 11.3 Å². The second-order valence-corrected chi connectivity index (χ2v) is 8.28. The summed E-state index contributed by atoms with van der Waals surface area (Å²) in [6.45, 7) is 6.30. The van der Waals surface area contributed by atoms with E-state index in [1.54, 1.807) is 35.1 Å². The number of hydrogen-bond donors (Lipinski definition) is 0. The van der Waals surface area contributed by atoms with Crippen molar-refractivity contribution in [3.63, 3.8) is 0 Å². The Bertz CT molecular complexity index is 1180. The summed E-state index contributed by atoms with van der Waals surface area (Å²) in [6.07, 6.45) is 3.51. The molecular weight excluding hydrogens is 384 g/mol. The van der Waals surface area contributed by atoms with Crippen molar-refractivity contribution in [1.29, 1.82) is 0 Å². The highest BCUT2D eigenvalue weighted by Crippen LogP contribution is 2.24. The van der Waals surface area contributed by atoms with Crippen molar-refractivity contribution in [3.05, 3.63) is 86.4 Å². The zero-order chi connectivity index (χ0) is 19.5. The number of benzene rings is 1. The predicted molar refractivity (Wildman–Crippen MR) is 119 cm³/mol. The molecule has 0 fully saturated rings. The molecule has 4 aromatic rings. The van der Waals surface area contributed by atoms with Crippen LogP contribution < -0.4 is 4.80 Å². The van der Waals surface area contributed by atoms with Crippen molar-refractivity contribution < 1.29 is 0 Å². The molecule has 6 heteroatoms. The van der Waals surface area contributed by atoms with Gasteiger partial charge in [-0.3, -0.25) is 4.98 Å². The van der Waals surface area contributed by atoms with Gasteiger partial charge in [-0.25, -0.2) is 9.67 Å². The summed E-state index contributed by atoms with van der Waals surface area (Å²) < 4.78 is 1.94. The van der Waals surface area contributed by atoms with Gasteiger partial charge in [-0.2, -0.15) is 5.10 Å². The van der Waals surface area contributed by atoms with Crippen molar-refractivity contribution in [2.75, 3.05) is 0 Å². The maximum Gasteiger partial charge on any atom is 0.211 e. The molecule has 0 amide bonds. The number of aromatic nitrogens is 2. The summed E-state index contributed by atoms with van der Waals surface area (Å²) in [5, 5.41) is 9.11. The third-order valence-corrected chi connectivity index (χ3v) is 6.28. The van der Waals surface area contributed by atoms with E-state index in [2.05, 4.69) is 53.9 Å². The van der Waals surface area contributed by atoms with Gasteiger partial charge in [0.1, 0.15) is 0 Å². The second-order valence-electron chi connectivity index (χ2n) is 6.50. The second kappa shape index (κ2) is 8.04. The summed E-state index contributed by atoms with van der Waals surface area (Å²) in [7, 11) is 0. The smallest absolute Gasteiger partial charge is 0.211 e. The number of rotatable bonds is 4. The molecule has 0 N–H and O–H groups in total. The fraction of sp³-hybridized carbons (Fsp3) is 0.136. The lowest BCUT2D eigenvalue weighted by Crippen LogP contribution is -2.13. The van der Waals surface area contributed by atoms with E-state index >= 15 is 0 Å². The highest BCUT2D eigenvalue weighted by Gasteiger charge is 2.10. The summed E-state index contributed by atoms with van der Waals surface area (Å²) >= 11 is 3.27. The van der Waals surface area contributed by atoms with Gasteiger partial charge in [0.15, 0.2) is 0 Å². The van der Waals surface area contributed by atoms with Gasteiger partial charge in [-0.15, -0.1) is 22.7 Å². The zero-order valence-corrected chi connectivity index (χ0v) is 17.6. The lowest BCUT2D eigenvalue weighted by atomic mass is 10.1. The average molecular weight is 405 g/mol. The van der Waals surface area contributed by atoms with Gasteiger partial charge in [-0.05, 0) is 61.5 Å². The van der Waals surface area contributed by atoms with Crippen LogP contribution in [0.5, 0.6) is 0 Å². The van der Waals surface area contributed by atoms with Crippen LogP contribution in [0.2, 0.25) is 0 Å². The van der Waals surface area contributed by atoms with Gasteiger partial charge in [-0.1, -0.05) is 18.2 Å². The number of pyridine rings is 1. The third-order valence-electron chi connectivity index (χ3n) is 4.49. The van der Waals surface area contributed by atoms with Crippen LogP contribution >= 0.6 is 22.7 Å². The first-order valence-corrected chi connectivity index (χ1v) is 10.7. The Balaban J connectivity index is 1.91. The van der Waals surface area contributed by atoms with E-state index in [4.69, 9.17) is 10.1 Å². The van der Waals surface area contributed by atoms with E-state index in [0.29, 0.717) is 0 Å². The van der Waals surface area contributed by atoms with Gasteiger partial charge in [0.05, 0.1) is 28.2 Å². The summed E-state index contributed by atoms with van der Waals surface area (Å²) in [5.74, 6) is 0. The van der Waals surface area contributed by atoms with Crippen LogP contribution in [-0.4, -0.2) is 15.4 Å².